The first-order chi connectivity index (χ1) is 6.88. The molecule has 0 amide bonds. The predicted molar refractivity (Wildman–Crippen MR) is 66.3 cm³/mol. The normalized spacial score (nSPS) is 16.3. The molecule has 1 N–H and O–H groups in total. The van der Waals surface area contributed by atoms with Crippen LogP contribution in [0.25, 0.3) is 0 Å². The summed E-state index contributed by atoms with van der Waals surface area (Å²) in [4.78, 5) is 6.62. The van der Waals surface area contributed by atoms with E-state index in [0.717, 1.165) is 50.9 Å². The molecule has 1 fully saturated rings. The van der Waals surface area contributed by atoms with E-state index in [0.29, 0.717) is 0 Å². The van der Waals surface area contributed by atoms with Gasteiger partial charge in [-0.3, -0.25) is 4.90 Å². The highest BCUT2D eigenvalue weighted by Gasteiger charge is 2.13. The number of hydrogen-bond acceptors (Lipinski definition) is 5. The van der Waals surface area contributed by atoms with Crippen LogP contribution in [0.1, 0.15) is 18.6 Å². The number of nitrogens with zero attached hydrogens (tertiary/aromatic N) is 3. The molecular formula is C9H18Cl2N4O. The summed E-state index contributed by atoms with van der Waals surface area (Å²) in [5.41, 5.74) is 0. The fourth-order valence-corrected chi connectivity index (χ4v) is 1.57. The molecule has 2 rings (SSSR count). The highest BCUT2D eigenvalue weighted by molar-refractivity contribution is 5.85. The highest BCUT2D eigenvalue weighted by atomic mass is 35.5. The van der Waals surface area contributed by atoms with E-state index in [2.05, 4.69) is 20.4 Å². The van der Waals surface area contributed by atoms with E-state index in [4.69, 9.17) is 4.52 Å². The van der Waals surface area contributed by atoms with E-state index < -0.39 is 0 Å². The van der Waals surface area contributed by atoms with Crippen LogP contribution in [0.15, 0.2) is 4.52 Å². The molecule has 1 aliphatic rings. The molecular weight excluding hydrogens is 251 g/mol. The molecule has 0 aliphatic carbocycles. The zero-order valence-corrected chi connectivity index (χ0v) is 10.9. The lowest BCUT2D eigenvalue weighted by atomic mass is 10.3. The molecule has 16 heavy (non-hydrogen) atoms. The zero-order valence-electron chi connectivity index (χ0n) is 9.31. The minimum Gasteiger partial charge on any atom is -0.339 e. The number of halogens is 2. The quantitative estimate of drug-likeness (QED) is 0.882. The monoisotopic (exact) mass is 268 g/mol. The van der Waals surface area contributed by atoms with E-state index in [1.54, 1.807) is 0 Å². The van der Waals surface area contributed by atoms with Crippen LogP contribution >= 0.6 is 24.8 Å². The van der Waals surface area contributed by atoms with Crippen LogP contribution in [0.2, 0.25) is 0 Å². The molecule has 94 valence electrons. The fourth-order valence-electron chi connectivity index (χ4n) is 1.57. The van der Waals surface area contributed by atoms with Crippen molar-refractivity contribution in [2.24, 2.45) is 0 Å². The molecule has 1 aromatic heterocycles. The number of aromatic nitrogens is 2. The van der Waals surface area contributed by atoms with Crippen molar-refractivity contribution in [2.75, 3.05) is 26.2 Å². The largest absolute Gasteiger partial charge is 0.339 e. The first kappa shape index (κ1) is 15.6. The molecule has 0 bridgehead atoms. The lowest BCUT2D eigenvalue weighted by molar-refractivity contribution is 0.224. The molecule has 0 aromatic carbocycles. The Morgan fingerprint density at radius 2 is 2.00 bits per heavy atom. The molecule has 5 nitrogen and oxygen atoms in total. The Morgan fingerprint density at radius 1 is 1.31 bits per heavy atom. The molecule has 0 radical (unpaired) electrons. The van der Waals surface area contributed by atoms with Crippen molar-refractivity contribution in [3.8, 4) is 0 Å². The summed E-state index contributed by atoms with van der Waals surface area (Å²) in [6, 6.07) is 0. The summed E-state index contributed by atoms with van der Waals surface area (Å²) >= 11 is 0. The molecule has 0 unspecified atom stereocenters. The van der Waals surface area contributed by atoms with Gasteiger partial charge < -0.3 is 9.84 Å². The second-order valence-electron chi connectivity index (χ2n) is 3.48. The summed E-state index contributed by atoms with van der Waals surface area (Å²) in [5, 5.41) is 7.24. The summed E-state index contributed by atoms with van der Waals surface area (Å²) in [5.74, 6) is 1.54. The summed E-state index contributed by atoms with van der Waals surface area (Å²) in [7, 11) is 0. The number of hydrogen-bond donors (Lipinski definition) is 1. The molecule has 0 saturated carbocycles. The van der Waals surface area contributed by atoms with Gasteiger partial charge in [0.15, 0.2) is 5.82 Å². The van der Waals surface area contributed by atoms with E-state index in [1.807, 2.05) is 6.92 Å². The summed E-state index contributed by atoms with van der Waals surface area (Å²) < 4.78 is 5.05. The lowest BCUT2D eigenvalue weighted by Gasteiger charge is -2.25. The zero-order chi connectivity index (χ0) is 9.80. The molecule has 7 heteroatoms. The Morgan fingerprint density at radius 3 is 2.56 bits per heavy atom. The second-order valence-corrected chi connectivity index (χ2v) is 3.48. The van der Waals surface area contributed by atoms with Crippen LogP contribution in [0, 0.1) is 0 Å². The smallest absolute Gasteiger partial charge is 0.226 e. The van der Waals surface area contributed by atoms with Gasteiger partial charge in [-0.2, -0.15) is 4.98 Å². The Balaban J connectivity index is 0.00000112. The van der Waals surface area contributed by atoms with Crippen LogP contribution in [-0.2, 0) is 13.0 Å². The van der Waals surface area contributed by atoms with Gasteiger partial charge in [0.1, 0.15) is 0 Å². The third-order valence-electron chi connectivity index (χ3n) is 2.39. The lowest BCUT2D eigenvalue weighted by Crippen LogP contribution is -2.43. The van der Waals surface area contributed by atoms with E-state index >= 15 is 0 Å². The van der Waals surface area contributed by atoms with Gasteiger partial charge in [0.25, 0.3) is 0 Å². The molecule has 1 saturated heterocycles. The fraction of sp³-hybridized carbons (Fsp3) is 0.778. The van der Waals surface area contributed by atoms with E-state index in [1.165, 1.54) is 0 Å². The van der Waals surface area contributed by atoms with Gasteiger partial charge >= 0.3 is 0 Å². The Kier molecular flexibility index (Phi) is 7.66. The van der Waals surface area contributed by atoms with Gasteiger partial charge in [0.05, 0.1) is 6.54 Å². The van der Waals surface area contributed by atoms with Gasteiger partial charge in [-0.1, -0.05) is 12.1 Å². The average molecular weight is 269 g/mol. The summed E-state index contributed by atoms with van der Waals surface area (Å²) in [6.45, 7) is 7.07. The maximum Gasteiger partial charge on any atom is 0.226 e. The standard InChI is InChI=1S/C9H16N4O.2ClH/c1-2-9-11-8(12-14-9)7-13-5-3-10-4-6-13;;/h10H,2-7H2,1H3;2*1H. The van der Waals surface area contributed by atoms with Crippen LogP contribution in [0.4, 0.5) is 0 Å². The molecule has 2 heterocycles. The molecule has 1 aliphatic heterocycles. The van der Waals surface area contributed by atoms with Crippen LogP contribution in [-0.4, -0.2) is 41.2 Å². The minimum absolute atomic E-state index is 0. The van der Waals surface area contributed by atoms with Crippen molar-refractivity contribution < 1.29 is 4.52 Å². The maximum absolute atomic E-state index is 5.05. The minimum atomic E-state index is 0. The van der Waals surface area contributed by atoms with Crippen LogP contribution in [0.3, 0.4) is 0 Å². The van der Waals surface area contributed by atoms with Gasteiger partial charge in [-0.25, -0.2) is 0 Å². The third-order valence-corrected chi connectivity index (χ3v) is 2.39. The van der Waals surface area contributed by atoms with Gasteiger partial charge in [-0.15, -0.1) is 24.8 Å². The first-order valence-electron chi connectivity index (χ1n) is 5.13. The average Bonchev–Trinajstić information content (AvgIpc) is 2.67. The van der Waals surface area contributed by atoms with Crippen molar-refractivity contribution in [3.05, 3.63) is 11.7 Å². The van der Waals surface area contributed by atoms with Crippen molar-refractivity contribution in [1.29, 1.82) is 0 Å². The Hall–Kier alpha value is -0.360. The molecule has 0 spiro atoms. The first-order valence-corrected chi connectivity index (χ1v) is 5.13. The number of aryl methyl sites for hydroxylation is 1. The Labute approximate surface area is 108 Å². The van der Waals surface area contributed by atoms with Crippen LogP contribution < -0.4 is 5.32 Å². The SMILES string of the molecule is CCc1nc(CN2CCNCC2)no1.Cl.Cl. The number of rotatable bonds is 3. The molecule has 1 aromatic rings. The predicted octanol–water partition coefficient (Wildman–Crippen LogP) is 0.881. The van der Waals surface area contributed by atoms with Crippen molar-refractivity contribution in [1.82, 2.24) is 20.4 Å². The van der Waals surface area contributed by atoms with Gasteiger partial charge in [0, 0.05) is 32.6 Å². The van der Waals surface area contributed by atoms with Crippen molar-refractivity contribution in [2.45, 2.75) is 19.9 Å². The van der Waals surface area contributed by atoms with E-state index in [-0.39, 0.29) is 24.8 Å². The second kappa shape index (κ2) is 7.84. The highest BCUT2D eigenvalue weighted by Crippen LogP contribution is 2.03. The van der Waals surface area contributed by atoms with E-state index in [9.17, 15) is 0 Å². The number of nitrogens with one attached hydrogen (secondary N) is 1. The number of piperazine rings is 1. The van der Waals surface area contributed by atoms with Crippen molar-refractivity contribution >= 4 is 24.8 Å². The van der Waals surface area contributed by atoms with Crippen molar-refractivity contribution in [3.63, 3.8) is 0 Å². The Bertz CT molecular complexity index is 289. The summed E-state index contributed by atoms with van der Waals surface area (Å²) in [6.07, 6.45) is 0.814. The third kappa shape index (κ3) is 4.25. The topological polar surface area (TPSA) is 54.2 Å². The van der Waals surface area contributed by atoms with Gasteiger partial charge in [-0.05, 0) is 0 Å². The van der Waals surface area contributed by atoms with Crippen LogP contribution in [0.5, 0.6) is 0 Å². The van der Waals surface area contributed by atoms with Gasteiger partial charge in [0.2, 0.25) is 5.89 Å². The maximum atomic E-state index is 5.05. The molecule has 0 atom stereocenters.